The van der Waals surface area contributed by atoms with Crippen LogP contribution >= 0.6 is 0 Å². The van der Waals surface area contributed by atoms with Gasteiger partial charge in [-0.3, -0.25) is 0 Å². The fourth-order valence-corrected chi connectivity index (χ4v) is 7.41. The van der Waals surface area contributed by atoms with Crippen LogP contribution in [0.15, 0.2) is 194 Å². The van der Waals surface area contributed by atoms with Gasteiger partial charge in [0.1, 0.15) is 0 Å². The van der Waals surface area contributed by atoms with Gasteiger partial charge < -0.3 is 4.57 Å². The Bertz CT molecular complexity index is 2630. The normalized spacial score (nSPS) is 11.3. The summed E-state index contributed by atoms with van der Waals surface area (Å²) in [6.07, 6.45) is 0. The van der Waals surface area contributed by atoms with Gasteiger partial charge >= 0.3 is 0 Å². The fraction of sp³-hybridized carbons (Fsp3) is 0.0204. The van der Waals surface area contributed by atoms with Gasteiger partial charge in [0, 0.05) is 16.5 Å². The summed E-state index contributed by atoms with van der Waals surface area (Å²) < 4.78 is 2.46. The Hall–Kier alpha value is -6.44. The van der Waals surface area contributed by atoms with E-state index in [1.54, 1.807) is 0 Å². The molecule has 50 heavy (non-hydrogen) atoms. The summed E-state index contributed by atoms with van der Waals surface area (Å²) in [6, 6.07) is 70.5. The Kier molecular flexibility index (Phi) is 7.44. The molecule has 0 radical (unpaired) electrons. The molecule has 0 amide bonds. The number of hydrogen-bond donors (Lipinski definition) is 0. The lowest BCUT2D eigenvalue weighted by atomic mass is 9.92. The van der Waals surface area contributed by atoms with Gasteiger partial charge in [-0.2, -0.15) is 0 Å². The van der Waals surface area contributed by atoms with Crippen LogP contribution in [0.2, 0.25) is 0 Å². The molecule has 1 heteroatoms. The van der Waals surface area contributed by atoms with Crippen LogP contribution in [0.4, 0.5) is 0 Å². The lowest BCUT2D eigenvalue weighted by Crippen LogP contribution is -1.97. The zero-order valence-corrected chi connectivity index (χ0v) is 27.9. The maximum Gasteiger partial charge on any atom is 0.0547 e. The third kappa shape index (κ3) is 5.30. The van der Waals surface area contributed by atoms with Crippen molar-refractivity contribution >= 4 is 21.8 Å². The molecular weight excluding hydrogens is 603 g/mol. The third-order valence-corrected chi connectivity index (χ3v) is 9.97. The van der Waals surface area contributed by atoms with Crippen molar-refractivity contribution in [2.24, 2.45) is 0 Å². The van der Waals surface area contributed by atoms with E-state index in [9.17, 15) is 0 Å². The number of benzene rings is 8. The quantitative estimate of drug-likeness (QED) is 0.171. The van der Waals surface area contributed by atoms with E-state index in [-0.39, 0.29) is 0 Å². The number of aryl methyl sites for hydroxylation is 1. The Labute approximate surface area is 293 Å². The monoisotopic (exact) mass is 637 g/mol. The van der Waals surface area contributed by atoms with Crippen LogP contribution in [-0.4, -0.2) is 4.57 Å². The molecule has 1 aromatic heterocycles. The Morgan fingerprint density at radius 1 is 0.300 bits per heavy atom. The molecule has 0 aliphatic carbocycles. The van der Waals surface area contributed by atoms with Gasteiger partial charge in [-0.05, 0) is 92.4 Å². The molecule has 0 fully saturated rings. The fourth-order valence-electron chi connectivity index (χ4n) is 7.41. The van der Waals surface area contributed by atoms with E-state index in [4.69, 9.17) is 0 Å². The first kappa shape index (κ1) is 29.7. The lowest BCUT2D eigenvalue weighted by molar-refractivity contribution is 1.15. The van der Waals surface area contributed by atoms with Crippen molar-refractivity contribution in [1.29, 1.82) is 0 Å². The molecule has 0 unspecified atom stereocenters. The Morgan fingerprint density at radius 2 is 0.700 bits per heavy atom. The summed E-state index contributed by atoms with van der Waals surface area (Å²) >= 11 is 0. The standard InChI is InChI=1S/C49H35N/c1-34-13-8-11-22-47(34)50-48-32-40(38-25-23-37(24-26-38)35-14-4-2-5-15-35)27-29-45(48)46-30-28-42(33-49(46)50)44-21-10-9-20-43(44)41-19-12-18-39(31-41)36-16-6-3-7-17-36/h2-33H,1H3. The van der Waals surface area contributed by atoms with Crippen LogP contribution in [0, 0.1) is 6.92 Å². The van der Waals surface area contributed by atoms with E-state index in [1.807, 2.05) is 0 Å². The second-order valence-electron chi connectivity index (χ2n) is 13.0. The largest absolute Gasteiger partial charge is 0.309 e. The van der Waals surface area contributed by atoms with Gasteiger partial charge in [0.2, 0.25) is 0 Å². The van der Waals surface area contributed by atoms with E-state index >= 15 is 0 Å². The molecule has 236 valence electrons. The van der Waals surface area contributed by atoms with E-state index in [0.717, 1.165) is 0 Å². The summed E-state index contributed by atoms with van der Waals surface area (Å²) in [7, 11) is 0. The lowest BCUT2D eigenvalue weighted by Gasteiger charge is -2.14. The second kappa shape index (κ2) is 12.5. The predicted octanol–water partition coefficient (Wildman–Crippen LogP) is 13.4. The number of aromatic nitrogens is 1. The molecule has 1 heterocycles. The number of hydrogen-bond acceptors (Lipinski definition) is 0. The maximum atomic E-state index is 2.46. The summed E-state index contributed by atoms with van der Waals surface area (Å²) in [4.78, 5) is 0. The van der Waals surface area contributed by atoms with Crippen LogP contribution in [-0.2, 0) is 0 Å². The number of rotatable bonds is 6. The molecule has 0 saturated heterocycles. The van der Waals surface area contributed by atoms with Crippen LogP contribution in [0.1, 0.15) is 5.56 Å². The predicted molar refractivity (Wildman–Crippen MR) is 213 cm³/mol. The molecule has 0 spiro atoms. The number of para-hydroxylation sites is 1. The van der Waals surface area contributed by atoms with Crippen molar-refractivity contribution in [2.45, 2.75) is 6.92 Å². The highest BCUT2D eigenvalue weighted by atomic mass is 15.0. The van der Waals surface area contributed by atoms with Crippen molar-refractivity contribution < 1.29 is 0 Å². The highest BCUT2D eigenvalue weighted by Crippen LogP contribution is 2.40. The minimum atomic E-state index is 1.20. The van der Waals surface area contributed by atoms with Gasteiger partial charge in [-0.25, -0.2) is 0 Å². The SMILES string of the molecule is Cc1ccccc1-n1c2cc(-c3ccc(-c4ccccc4)cc3)ccc2c2ccc(-c3ccccc3-c3cccc(-c4ccccc4)c3)cc21. The number of nitrogens with zero attached hydrogens (tertiary/aromatic N) is 1. The summed E-state index contributed by atoms with van der Waals surface area (Å²) in [6.45, 7) is 2.21. The topological polar surface area (TPSA) is 4.93 Å². The summed E-state index contributed by atoms with van der Waals surface area (Å²) in [5.41, 5.74) is 17.0. The first-order chi connectivity index (χ1) is 24.7. The molecule has 8 aromatic carbocycles. The van der Waals surface area contributed by atoms with Crippen LogP contribution < -0.4 is 0 Å². The molecule has 0 aliphatic heterocycles. The zero-order chi connectivity index (χ0) is 33.4. The summed E-state index contributed by atoms with van der Waals surface area (Å²) in [5, 5.41) is 2.50. The van der Waals surface area contributed by atoms with Gasteiger partial charge in [0.25, 0.3) is 0 Å². The molecule has 0 N–H and O–H groups in total. The highest BCUT2D eigenvalue weighted by Gasteiger charge is 2.17. The van der Waals surface area contributed by atoms with Crippen LogP contribution in [0.5, 0.6) is 0 Å². The maximum absolute atomic E-state index is 2.46. The molecule has 0 saturated carbocycles. The first-order valence-electron chi connectivity index (χ1n) is 17.3. The van der Waals surface area contributed by atoms with Crippen molar-refractivity contribution in [1.82, 2.24) is 4.57 Å². The van der Waals surface area contributed by atoms with Crippen molar-refractivity contribution in [3.8, 4) is 61.3 Å². The van der Waals surface area contributed by atoms with Crippen LogP contribution in [0.25, 0.3) is 83.1 Å². The number of fused-ring (bicyclic) bond motifs is 3. The van der Waals surface area contributed by atoms with Crippen molar-refractivity contribution in [3.05, 3.63) is 200 Å². The van der Waals surface area contributed by atoms with Gasteiger partial charge in [-0.15, -0.1) is 0 Å². The smallest absolute Gasteiger partial charge is 0.0547 e. The van der Waals surface area contributed by atoms with E-state index in [2.05, 4.69) is 206 Å². The zero-order valence-electron chi connectivity index (χ0n) is 27.9. The first-order valence-corrected chi connectivity index (χ1v) is 17.3. The Balaban J connectivity index is 1.20. The minimum Gasteiger partial charge on any atom is -0.309 e. The molecule has 0 aliphatic rings. The second-order valence-corrected chi connectivity index (χ2v) is 13.0. The molecule has 1 nitrogen and oxygen atoms in total. The molecular formula is C49H35N. The van der Waals surface area contributed by atoms with E-state index in [1.165, 1.54) is 88.7 Å². The van der Waals surface area contributed by atoms with Gasteiger partial charge in [-0.1, -0.05) is 170 Å². The van der Waals surface area contributed by atoms with E-state index in [0.29, 0.717) is 0 Å². The third-order valence-electron chi connectivity index (χ3n) is 9.97. The van der Waals surface area contributed by atoms with Gasteiger partial charge in [0.05, 0.1) is 11.0 Å². The molecule has 9 rings (SSSR count). The average molecular weight is 638 g/mol. The highest BCUT2D eigenvalue weighted by molar-refractivity contribution is 6.11. The molecule has 0 atom stereocenters. The molecule has 9 aromatic rings. The van der Waals surface area contributed by atoms with Crippen molar-refractivity contribution in [2.75, 3.05) is 0 Å². The van der Waals surface area contributed by atoms with Crippen molar-refractivity contribution in [3.63, 3.8) is 0 Å². The van der Waals surface area contributed by atoms with Gasteiger partial charge in [0.15, 0.2) is 0 Å². The summed E-state index contributed by atoms with van der Waals surface area (Å²) in [5.74, 6) is 0. The average Bonchev–Trinajstić information content (AvgIpc) is 3.51. The minimum absolute atomic E-state index is 1.20. The molecule has 0 bridgehead atoms. The van der Waals surface area contributed by atoms with E-state index < -0.39 is 0 Å². The van der Waals surface area contributed by atoms with Crippen LogP contribution in [0.3, 0.4) is 0 Å². The Morgan fingerprint density at radius 3 is 1.34 bits per heavy atom.